The van der Waals surface area contributed by atoms with Crippen molar-refractivity contribution in [2.24, 2.45) is 5.92 Å². The number of ether oxygens (including phenoxy) is 2. The van der Waals surface area contributed by atoms with Crippen LogP contribution in [0.4, 0.5) is 0 Å². The normalized spacial score (nSPS) is 17.3. The van der Waals surface area contributed by atoms with E-state index in [0.717, 1.165) is 36.3 Å². The van der Waals surface area contributed by atoms with Crippen LogP contribution in [0, 0.1) is 5.92 Å². The van der Waals surface area contributed by atoms with Crippen molar-refractivity contribution in [1.29, 1.82) is 0 Å². The van der Waals surface area contributed by atoms with Gasteiger partial charge in [0, 0.05) is 25.1 Å². The summed E-state index contributed by atoms with van der Waals surface area (Å²) in [7, 11) is 1.66. The Morgan fingerprint density at radius 1 is 1.18 bits per heavy atom. The van der Waals surface area contributed by atoms with Gasteiger partial charge in [0.1, 0.15) is 5.60 Å². The van der Waals surface area contributed by atoms with Crippen LogP contribution in [-0.4, -0.2) is 30.1 Å². The summed E-state index contributed by atoms with van der Waals surface area (Å²) in [6, 6.07) is 4.10. The molecule has 1 amide bonds. The average molecular weight is 456 g/mol. The molecule has 1 heterocycles. The van der Waals surface area contributed by atoms with Crippen LogP contribution in [-0.2, 0) is 11.3 Å². The van der Waals surface area contributed by atoms with Gasteiger partial charge in [-0.2, -0.15) is 0 Å². The molecule has 0 spiro atoms. The topological polar surface area (TPSA) is 38.8 Å². The third kappa shape index (κ3) is 9.11. The van der Waals surface area contributed by atoms with Crippen LogP contribution in [0.5, 0.6) is 11.5 Å². The molecule has 2 aliphatic rings. The number of amides is 1. The summed E-state index contributed by atoms with van der Waals surface area (Å²) < 4.78 is 11.7. The molecule has 4 heteroatoms. The van der Waals surface area contributed by atoms with Crippen molar-refractivity contribution >= 4 is 12.0 Å². The Labute approximate surface area is 202 Å². The van der Waals surface area contributed by atoms with Crippen LogP contribution in [0.25, 0.3) is 6.08 Å². The molecular weight excluding hydrogens is 410 g/mol. The number of benzene rings is 1. The fraction of sp³-hybridized carbons (Fsp3) is 0.552. The van der Waals surface area contributed by atoms with Gasteiger partial charge in [-0.3, -0.25) is 4.79 Å². The highest BCUT2D eigenvalue weighted by molar-refractivity contribution is 5.76. The first kappa shape index (κ1) is 28.5. The van der Waals surface area contributed by atoms with Crippen molar-refractivity contribution in [3.63, 3.8) is 0 Å². The lowest BCUT2D eigenvalue weighted by Crippen LogP contribution is -2.34. The van der Waals surface area contributed by atoms with Crippen molar-refractivity contribution in [2.75, 3.05) is 13.7 Å². The lowest BCUT2D eigenvalue weighted by molar-refractivity contribution is -0.132. The number of allylic oxidation sites excluding steroid dienone is 3. The molecule has 1 aromatic rings. The van der Waals surface area contributed by atoms with E-state index >= 15 is 0 Å². The second-order valence-electron chi connectivity index (χ2n) is 8.74. The highest BCUT2D eigenvalue weighted by Gasteiger charge is 2.26. The van der Waals surface area contributed by atoms with E-state index in [1.807, 2.05) is 45.6 Å². The van der Waals surface area contributed by atoms with E-state index in [1.165, 1.54) is 6.42 Å². The fourth-order valence-corrected chi connectivity index (χ4v) is 3.68. The third-order valence-corrected chi connectivity index (χ3v) is 5.21. The Balaban J connectivity index is 0.00000101. The molecule has 0 saturated heterocycles. The number of hydrogen-bond acceptors (Lipinski definition) is 3. The Kier molecular flexibility index (Phi) is 12.6. The van der Waals surface area contributed by atoms with Gasteiger partial charge in [-0.05, 0) is 56.4 Å². The van der Waals surface area contributed by atoms with Gasteiger partial charge in [0.15, 0.2) is 11.5 Å². The Bertz CT molecular complexity index is 820. The molecule has 0 radical (unpaired) electrons. The van der Waals surface area contributed by atoms with Gasteiger partial charge in [0.2, 0.25) is 5.91 Å². The number of rotatable bonds is 6. The minimum atomic E-state index is -0.355. The molecule has 0 saturated carbocycles. The quantitative estimate of drug-likeness (QED) is 0.444. The minimum absolute atomic E-state index is 0.176. The van der Waals surface area contributed by atoms with E-state index in [0.29, 0.717) is 24.6 Å². The molecule has 0 aromatic heterocycles. The van der Waals surface area contributed by atoms with Gasteiger partial charge in [-0.25, -0.2) is 0 Å². The number of carbonyl (C=O) groups excluding carboxylic acids is 1. The molecule has 1 aliphatic carbocycles. The summed E-state index contributed by atoms with van der Waals surface area (Å²) in [5.74, 6) is 2.04. The molecule has 184 valence electrons. The molecule has 1 aromatic carbocycles. The van der Waals surface area contributed by atoms with Crippen molar-refractivity contribution in [3.05, 3.63) is 53.6 Å². The smallest absolute Gasteiger partial charge is 0.222 e. The predicted octanol–water partition coefficient (Wildman–Crippen LogP) is 7.58. The number of nitrogens with zero attached hydrogens (tertiary/aromatic N) is 1. The highest BCUT2D eigenvalue weighted by atomic mass is 16.5. The van der Waals surface area contributed by atoms with Gasteiger partial charge in [0.25, 0.3) is 0 Å². The van der Waals surface area contributed by atoms with Crippen LogP contribution in [0.15, 0.2) is 42.5 Å². The summed E-state index contributed by atoms with van der Waals surface area (Å²) in [5.41, 5.74) is 1.70. The van der Waals surface area contributed by atoms with Crippen LogP contribution >= 0.6 is 0 Å². The monoisotopic (exact) mass is 455 g/mol. The third-order valence-electron chi connectivity index (χ3n) is 5.21. The second kappa shape index (κ2) is 14.6. The van der Waals surface area contributed by atoms with E-state index < -0.39 is 0 Å². The minimum Gasteiger partial charge on any atom is -0.493 e. The van der Waals surface area contributed by atoms with Crippen LogP contribution < -0.4 is 9.47 Å². The maximum absolute atomic E-state index is 12.6. The molecule has 0 bridgehead atoms. The predicted molar refractivity (Wildman–Crippen MR) is 141 cm³/mol. The Morgan fingerprint density at radius 2 is 1.88 bits per heavy atom. The number of fused-ring (bicyclic) bond motifs is 1. The van der Waals surface area contributed by atoms with Crippen LogP contribution in [0.3, 0.4) is 0 Å². The van der Waals surface area contributed by atoms with Crippen molar-refractivity contribution in [3.8, 4) is 11.5 Å². The standard InChI is InChI=1S/C24H31NO3.C3H8.C2H6/c1-5-22(26)25(16-18-10-8-6-7-9-11-18)17-19-14-20-12-13-24(2,3)28-23(20)21(15-19)27-4;1-3-2;1-2/h6-8,10,12-15,18H,5,9,11,16-17H2,1-4H3;3H2,1-2H3;1-2H3. The molecule has 0 N–H and O–H groups in total. The first-order valence-electron chi connectivity index (χ1n) is 12.5. The summed E-state index contributed by atoms with van der Waals surface area (Å²) in [5, 5.41) is 0. The number of hydrogen-bond donors (Lipinski definition) is 0. The molecule has 4 nitrogen and oxygen atoms in total. The van der Waals surface area contributed by atoms with Crippen LogP contribution in [0.2, 0.25) is 0 Å². The zero-order chi connectivity index (χ0) is 24.9. The lowest BCUT2D eigenvalue weighted by Gasteiger charge is -2.30. The SMILES string of the molecule is CC.CCC.CCC(=O)N(Cc1cc2c(c(OC)c1)OC(C)(C)C=C2)CC1C=CC=CCC1. The highest BCUT2D eigenvalue weighted by Crippen LogP contribution is 2.40. The van der Waals surface area contributed by atoms with Crippen molar-refractivity contribution in [2.45, 2.75) is 86.3 Å². The van der Waals surface area contributed by atoms with E-state index in [-0.39, 0.29) is 11.5 Å². The van der Waals surface area contributed by atoms with Crippen molar-refractivity contribution < 1.29 is 14.3 Å². The van der Waals surface area contributed by atoms with Crippen molar-refractivity contribution in [1.82, 2.24) is 4.90 Å². The maximum Gasteiger partial charge on any atom is 0.222 e. The summed E-state index contributed by atoms with van der Waals surface area (Å²) in [6.45, 7) is 15.5. The summed E-state index contributed by atoms with van der Waals surface area (Å²) in [4.78, 5) is 14.6. The fourth-order valence-electron chi connectivity index (χ4n) is 3.68. The zero-order valence-electron chi connectivity index (χ0n) is 22.1. The molecule has 33 heavy (non-hydrogen) atoms. The van der Waals surface area contributed by atoms with Gasteiger partial charge in [-0.1, -0.05) is 71.4 Å². The molecule has 3 rings (SSSR count). The van der Waals surface area contributed by atoms with E-state index in [4.69, 9.17) is 9.47 Å². The van der Waals surface area contributed by atoms with E-state index in [9.17, 15) is 4.79 Å². The lowest BCUT2D eigenvalue weighted by atomic mass is 9.99. The molecule has 1 aliphatic heterocycles. The number of methoxy groups -OCH3 is 1. The molecular formula is C29H45NO3. The second-order valence-corrected chi connectivity index (χ2v) is 8.74. The Hall–Kier alpha value is -2.49. The van der Waals surface area contributed by atoms with E-state index in [2.05, 4.69) is 56.4 Å². The molecule has 1 atom stereocenters. The number of carbonyl (C=O) groups is 1. The van der Waals surface area contributed by atoms with E-state index in [1.54, 1.807) is 7.11 Å². The zero-order valence-corrected chi connectivity index (χ0v) is 22.1. The molecule has 0 fully saturated rings. The largest absolute Gasteiger partial charge is 0.493 e. The first-order chi connectivity index (χ1) is 15.8. The van der Waals surface area contributed by atoms with Gasteiger partial charge in [0.05, 0.1) is 7.11 Å². The summed E-state index contributed by atoms with van der Waals surface area (Å²) >= 11 is 0. The molecule has 1 unspecified atom stereocenters. The average Bonchev–Trinajstić information content (AvgIpc) is 3.08. The van der Waals surface area contributed by atoms with Gasteiger partial charge < -0.3 is 14.4 Å². The maximum atomic E-state index is 12.6. The van der Waals surface area contributed by atoms with Gasteiger partial charge >= 0.3 is 0 Å². The van der Waals surface area contributed by atoms with Crippen LogP contribution in [0.1, 0.15) is 85.3 Å². The first-order valence-corrected chi connectivity index (χ1v) is 12.5. The summed E-state index contributed by atoms with van der Waals surface area (Å²) in [6.07, 6.45) is 16.6. The Morgan fingerprint density at radius 3 is 2.52 bits per heavy atom. The van der Waals surface area contributed by atoms with Gasteiger partial charge in [-0.15, -0.1) is 0 Å².